The lowest BCUT2D eigenvalue weighted by Crippen LogP contribution is -2.61. The van der Waals surface area contributed by atoms with E-state index in [9.17, 15) is 8.78 Å². The number of nitrogens with zero attached hydrogens (tertiary/aromatic N) is 5. The zero-order valence-electron chi connectivity index (χ0n) is 12.2. The third-order valence-corrected chi connectivity index (χ3v) is 4.63. The van der Waals surface area contributed by atoms with Gasteiger partial charge in [-0.2, -0.15) is 5.10 Å². The van der Waals surface area contributed by atoms with Crippen molar-refractivity contribution in [3.8, 4) is 0 Å². The van der Waals surface area contributed by atoms with Gasteiger partial charge in [-0.1, -0.05) is 0 Å². The summed E-state index contributed by atoms with van der Waals surface area (Å²) in [6.07, 6.45) is 3.12. The molecule has 2 aromatic rings. The van der Waals surface area contributed by atoms with Crippen LogP contribution in [0.15, 0.2) is 12.4 Å². The van der Waals surface area contributed by atoms with Crippen LogP contribution in [0.3, 0.4) is 0 Å². The van der Waals surface area contributed by atoms with Gasteiger partial charge in [0.25, 0.3) is 6.43 Å². The maximum atomic E-state index is 12.6. The fraction of sp³-hybridized carbons (Fsp3) is 0.643. The first-order chi connectivity index (χ1) is 10.7. The average Bonchev–Trinajstić information content (AvgIpc) is 2.87. The summed E-state index contributed by atoms with van der Waals surface area (Å²) in [7, 11) is 0. The maximum Gasteiger partial charge on any atom is 0.258 e. The molecule has 1 N–H and O–H groups in total. The van der Waals surface area contributed by atoms with Crippen molar-refractivity contribution in [3.05, 3.63) is 12.4 Å². The predicted molar refractivity (Wildman–Crippen MR) is 78.1 cm³/mol. The van der Waals surface area contributed by atoms with Gasteiger partial charge in [-0.25, -0.2) is 23.4 Å². The Morgan fingerprint density at radius 2 is 2.18 bits per heavy atom. The Morgan fingerprint density at radius 3 is 2.91 bits per heavy atom. The second-order valence-electron chi connectivity index (χ2n) is 6.28. The molecule has 0 aromatic carbocycles. The van der Waals surface area contributed by atoms with Crippen molar-refractivity contribution in [2.75, 3.05) is 31.1 Å². The summed E-state index contributed by atoms with van der Waals surface area (Å²) in [5.41, 5.74) is 1.34. The van der Waals surface area contributed by atoms with Crippen LogP contribution in [0.1, 0.15) is 12.8 Å². The van der Waals surface area contributed by atoms with Crippen molar-refractivity contribution in [1.82, 2.24) is 25.1 Å². The first-order valence-corrected chi connectivity index (χ1v) is 7.58. The molecular formula is C14H18F2N6. The molecule has 2 aromatic heterocycles. The predicted octanol–water partition coefficient (Wildman–Crippen LogP) is 1.28. The molecule has 22 heavy (non-hydrogen) atoms. The van der Waals surface area contributed by atoms with E-state index in [0.29, 0.717) is 16.6 Å². The molecule has 4 rings (SSSR count). The highest BCUT2D eigenvalue weighted by Crippen LogP contribution is 2.35. The molecule has 0 saturated carbocycles. The lowest BCUT2D eigenvalue weighted by molar-refractivity contribution is 0.123. The Balaban J connectivity index is 1.63. The van der Waals surface area contributed by atoms with Gasteiger partial charge in [-0.05, 0) is 12.8 Å². The molecule has 2 aliphatic heterocycles. The number of nitrogens with one attached hydrogen (secondary N) is 1. The number of hydrogen-bond acceptors (Lipinski definition) is 5. The monoisotopic (exact) mass is 308 g/mol. The van der Waals surface area contributed by atoms with Crippen molar-refractivity contribution in [2.24, 2.45) is 5.41 Å². The van der Waals surface area contributed by atoms with Gasteiger partial charge < -0.3 is 10.2 Å². The number of fused-ring (bicyclic) bond motifs is 1. The quantitative estimate of drug-likeness (QED) is 0.926. The summed E-state index contributed by atoms with van der Waals surface area (Å²) in [5, 5.41) is 7.30. The molecule has 1 spiro atoms. The van der Waals surface area contributed by atoms with Gasteiger partial charge in [-0.15, -0.1) is 0 Å². The van der Waals surface area contributed by atoms with E-state index in [0.717, 1.165) is 38.4 Å². The lowest BCUT2D eigenvalue weighted by Gasteiger charge is -2.49. The SMILES string of the molecule is FC(F)Cn1ncc2ncc(N3CCCC4(CNC4)C3)nc21. The van der Waals surface area contributed by atoms with Crippen molar-refractivity contribution in [3.63, 3.8) is 0 Å². The number of alkyl halides is 2. The van der Waals surface area contributed by atoms with E-state index in [4.69, 9.17) is 0 Å². The summed E-state index contributed by atoms with van der Waals surface area (Å²) in [5.74, 6) is 0.759. The molecule has 0 atom stereocenters. The minimum absolute atomic E-state index is 0.345. The first-order valence-electron chi connectivity index (χ1n) is 7.58. The van der Waals surface area contributed by atoms with Crippen molar-refractivity contribution >= 4 is 17.0 Å². The van der Waals surface area contributed by atoms with E-state index in [1.54, 1.807) is 6.20 Å². The minimum Gasteiger partial charge on any atom is -0.355 e. The fourth-order valence-corrected chi connectivity index (χ4v) is 3.43. The molecule has 0 amide bonds. The second kappa shape index (κ2) is 5.12. The van der Waals surface area contributed by atoms with E-state index in [2.05, 4.69) is 25.3 Å². The highest BCUT2D eigenvalue weighted by Gasteiger charge is 2.41. The van der Waals surface area contributed by atoms with Crippen LogP contribution in [0, 0.1) is 5.41 Å². The minimum atomic E-state index is -2.45. The van der Waals surface area contributed by atoms with Crippen LogP contribution in [0.5, 0.6) is 0 Å². The van der Waals surface area contributed by atoms with Gasteiger partial charge in [0.05, 0.1) is 12.4 Å². The van der Waals surface area contributed by atoms with E-state index in [1.807, 2.05) is 0 Å². The van der Waals surface area contributed by atoms with Gasteiger partial charge in [0.15, 0.2) is 5.65 Å². The Labute approximate surface area is 126 Å². The molecule has 2 saturated heterocycles. The number of anilines is 1. The fourth-order valence-electron chi connectivity index (χ4n) is 3.43. The summed E-state index contributed by atoms with van der Waals surface area (Å²) < 4.78 is 26.5. The van der Waals surface area contributed by atoms with Crippen LogP contribution in [0.2, 0.25) is 0 Å². The molecule has 0 aliphatic carbocycles. The normalized spacial score (nSPS) is 20.8. The Bertz CT molecular complexity index is 681. The molecule has 0 bridgehead atoms. The number of hydrogen-bond donors (Lipinski definition) is 1. The zero-order valence-corrected chi connectivity index (χ0v) is 12.2. The Morgan fingerprint density at radius 1 is 1.32 bits per heavy atom. The van der Waals surface area contributed by atoms with Crippen LogP contribution in [-0.2, 0) is 6.54 Å². The maximum absolute atomic E-state index is 12.6. The summed E-state index contributed by atoms with van der Waals surface area (Å²) >= 11 is 0. The van der Waals surface area contributed by atoms with Crippen LogP contribution in [-0.4, -0.2) is 52.4 Å². The van der Waals surface area contributed by atoms with Gasteiger partial charge in [0, 0.05) is 31.6 Å². The number of piperidine rings is 1. The van der Waals surface area contributed by atoms with Crippen molar-refractivity contribution in [2.45, 2.75) is 25.8 Å². The second-order valence-corrected chi connectivity index (χ2v) is 6.28. The zero-order chi connectivity index (χ0) is 15.2. The molecule has 0 radical (unpaired) electrons. The van der Waals surface area contributed by atoms with Crippen molar-refractivity contribution in [1.29, 1.82) is 0 Å². The van der Waals surface area contributed by atoms with E-state index < -0.39 is 13.0 Å². The van der Waals surface area contributed by atoms with Crippen LogP contribution >= 0.6 is 0 Å². The van der Waals surface area contributed by atoms with E-state index in [1.165, 1.54) is 17.3 Å². The van der Waals surface area contributed by atoms with Gasteiger partial charge in [0.2, 0.25) is 0 Å². The topological polar surface area (TPSA) is 58.9 Å². The number of halogens is 2. The van der Waals surface area contributed by atoms with Gasteiger partial charge in [0.1, 0.15) is 17.9 Å². The molecule has 4 heterocycles. The smallest absolute Gasteiger partial charge is 0.258 e. The Kier molecular flexibility index (Phi) is 3.21. The standard InChI is InChI=1S/C14H18F2N6/c15-11(16)6-22-13-10(4-19-22)18-5-12(20-13)21-3-1-2-14(9-21)7-17-8-14/h4-5,11,17H,1-3,6-9H2. The van der Waals surface area contributed by atoms with E-state index >= 15 is 0 Å². The number of rotatable bonds is 3. The highest BCUT2D eigenvalue weighted by atomic mass is 19.3. The van der Waals surface area contributed by atoms with Crippen LogP contribution in [0.25, 0.3) is 11.2 Å². The summed E-state index contributed by atoms with van der Waals surface area (Å²) in [6.45, 7) is 3.52. The van der Waals surface area contributed by atoms with Crippen molar-refractivity contribution < 1.29 is 8.78 Å². The highest BCUT2D eigenvalue weighted by molar-refractivity contribution is 5.71. The largest absolute Gasteiger partial charge is 0.355 e. The summed E-state index contributed by atoms with van der Waals surface area (Å²) in [6, 6.07) is 0. The molecular weight excluding hydrogens is 290 g/mol. The third kappa shape index (κ3) is 2.31. The lowest BCUT2D eigenvalue weighted by atomic mass is 9.75. The molecule has 8 heteroatoms. The van der Waals surface area contributed by atoms with E-state index in [-0.39, 0.29) is 0 Å². The molecule has 0 unspecified atom stereocenters. The number of aromatic nitrogens is 4. The molecule has 2 fully saturated rings. The van der Waals surface area contributed by atoms with Crippen LogP contribution < -0.4 is 10.2 Å². The molecule has 118 valence electrons. The molecule has 2 aliphatic rings. The average molecular weight is 308 g/mol. The van der Waals surface area contributed by atoms with Gasteiger partial charge >= 0.3 is 0 Å². The molecule has 6 nitrogen and oxygen atoms in total. The van der Waals surface area contributed by atoms with Gasteiger partial charge in [-0.3, -0.25) is 0 Å². The van der Waals surface area contributed by atoms with Crippen LogP contribution in [0.4, 0.5) is 14.6 Å². The first kappa shape index (κ1) is 13.8. The Hall–Kier alpha value is -1.83. The third-order valence-electron chi connectivity index (χ3n) is 4.63. The summed E-state index contributed by atoms with van der Waals surface area (Å²) in [4.78, 5) is 11.1.